The van der Waals surface area contributed by atoms with Crippen molar-refractivity contribution in [3.05, 3.63) is 71.5 Å². The molecule has 0 aliphatic heterocycles. The number of carbonyl (C=O) groups excluding carboxylic acids is 1. The first-order valence-corrected chi connectivity index (χ1v) is 9.55. The van der Waals surface area contributed by atoms with Gasteiger partial charge in [0, 0.05) is 18.1 Å². The fourth-order valence-corrected chi connectivity index (χ4v) is 3.18. The minimum absolute atomic E-state index is 0.164. The molecule has 8 nitrogen and oxygen atoms in total. The van der Waals surface area contributed by atoms with Gasteiger partial charge in [-0.1, -0.05) is 11.6 Å². The Morgan fingerprint density at radius 3 is 2.70 bits per heavy atom. The number of thiocarbonyl (C=S) groups is 1. The average Bonchev–Trinajstić information content (AvgIpc) is 3.17. The number of hydrogen-bond acceptors (Lipinski definition) is 6. The molecule has 2 aromatic heterocycles. The Morgan fingerprint density at radius 2 is 1.97 bits per heavy atom. The van der Waals surface area contributed by atoms with Gasteiger partial charge in [-0.2, -0.15) is 4.80 Å². The number of halogens is 1. The van der Waals surface area contributed by atoms with Gasteiger partial charge in [-0.3, -0.25) is 15.1 Å². The number of nitrogens with one attached hydrogen (secondary N) is 2. The second-order valence-corrected chi connectivity index (χ2v) is 6.98. The minimum Gasteiger partial charge on any atom is -0.495 e. The minimum atomic E-state index is -0.344. The van der Waals surface area contributed by atoms with Gasteiger partial charge in [0.05, 0.1) is 23.4 Å². The van der Waals surface area contributed by atoms with Gasteiger partial charge in [-0.15, -0.1) is 10.2 Å². The fourth-order valence-electron chi connectivity index (χ4n) is 2.72. The Bertz CT molecular complexity index is 1240. The number of amides is 1. The molecule has 2 aromatic carbocycles. The zero-order valence-corrected chi connectivity index (χ0v) is 17.2. The van der Waals surface area contributed by atoms with E-state index in [0.717, 1.165) is 0 Å². The maximum atomic E-state index is 12.2. The lowest BCUT2D eigenvalue weighted by atomic mass is 10.2. The summed E-state index contributed by atoms with van der Waals surface area (Å²) in [6.07, 6.45) is 3.06. The van der Waals surface area contributed by atoms with Gasteiger partial charge in [-0.05, 0) is 60.7 Å². The van der Waals surface area contributed by atoms with E-state index in [0.29, 0.717) is 38.7 Å². The summed E-state index contributed by atoms with van der Waals surface area (Å²) in [6.45, 7) is 0. The van der Waals surface area contributed by atoms with Gasteiger partial charge in [0.2, 0.25) is 0 Å². The van der Waals surface area contributed by atoms with Crippen LogP contribution in [0.3, 0.4) is 0 Å². The number of pyridine rings is 1. The van der Waals surface area contributed by atoms with Gasteiger partial charge < -0.3 is 10.1 Å². The third kappa shape index (κ3) is 4.22. The number of carbonyl (C=O) groups is 1. The molecular weight excluding hydrogens is 424 g/mol. The molecule has 0 atom stereocenters. The van der Waals surface area contributed by atoms with Crippen molar-refractivity contribution in [1.29, 1.82) is 0 Å². The Morgan fingerprint density at radius 1 is 1.13 bits per heavy atom. The van der Waals surface area contributed by atoms with Crippen molar-refractivity contribution in [2.45, 2.75) is 0 Å². The molecule has 150 valence electrons. The van der Waals surface area contributed by atoms with E-state index >= 15 is 0 Å². The van der Waals surface area contributed by atoms with Gasteiger partial charge in [-0.25, -0.2) is 0 Å². The van der Waals surface area contributed by atoms with Crippen LogP contribution in [-0.4, -0.2) is 38.1 Å². The smallest absolute Gasteiger partial charge is 0.258 e. The van der Waals surface area contributed by atoms with Crippen molar-refractivity contribution in [3.8, 4) is 11.4 Å². The molecule has 4 aromatic rings. The number of fused-ring (bicyclic) bond motifs is 1. The maximum absolute atomic E-state index is 12.2. The Kier molecular flexibility index (Phi) is 5.55. The summed E-state index contributed by atoms with van der Waals surface area (Å²) in [4.78, 5) is 17.6. The molecule has 0 spiro atoms. The molecule has 0 fully saturated rings. The van der Waals surface area contributed by atoms with E-state index in [2.05, 4.69) is 25.8 Å². The molecule has 0 saturated carbocycles. The number of methoxy groups -OCH3 is 1. The van der Waals surface area contributed by atoms with Crippen molar-refractivity contribution in [2.75, 3.05) is 12.4 Å². The Hall–Kier alpha value is -3.56. The van der Waals surface area contributed by atoms with Gasteiger partial charge in [0.1, 0.15) is 16.8 Å². The van der Waals surface area contributed by atoms with Crippen LogP contribution in [0.1, 0.15) is 10.4 Å². The normalized spacial score (nSPS) is 10.6. The molecule has 0 saturated heterocycles. The number of nitrogens with zero attached hydrogens (tertiary/aromatic N) is 4. The topological polar surface area (TPSA) is 94.0 Å². The number of aromatic nitrogens is 4. The number of anilines is 1. The highest BCUT2D eigenvalue weighted by atomic mass is 35.5. The van der Waals surface area contributed by atoms with E-state index in [1.54, 1.807) is 55.8 Å². The van der Waals surface area contributed by atoms with E-state index in [-0.39, 0.29) is 11.0 Å². The van der Waals surface area contributed by atoms with Crippen LogP contribution in [-0.2, 0) is 0 Å². The van der Waals surface area contributed by atoms with Crippen LogP contribution in [0.15, 0.2) is 60.9 Å². The van der Waals surface area contributed by atoms with Crippen LogP contribution in [0.5, 0.6) is 5.75 Å². The summed E-state index contributed by atoms with van der Waals surface area (Å²) < 4.78 is 5.17. The third-order valence-electron chi connectivity index (χ3n) is 4.16. The van der Waals surface area contributed by atoms with Crippen LogP contribution < -0.4 is 15.4 Å². The number of rotatable bonds is 4. The summed E-state index contributed by atoms with van der Waals surface area (Å²) >= 11 is 11.4. The molecule has 1 amide bonds. The van der Waals surface area contributed by atoms with Crippen LogP contribution in [0, 0.1) is 0 Å². The van der Waals surface area contributed by atoms with E-state index in [4.69, 9.17) is 28.6 Å². The molecule has 0 unspecified atom stereocenters. The standard InChI is InChI=1S/C20H15ClN6O2S/c1-29-18-7-5-14(10-15(18)21)27-25-16-6-4-13(9-17(16)26-27)23-20(30)24-19(28)12-3-2-8-22-11-12/h2-11H,1H3,(H2,23,24,28,30). The van der Waals surface area contributed by atoms with Gasteiger partial charge >= 0.3 is 0 Å². The fraction of sp³-hybridized carbons (Fsp3) is 0.0500. The zero-order chi connectivity index (χ0) is 21.1. The summed E-state index contributed by atoms with van der Waals surface area (Å²) in [5, 5.41) is 15.2. The maximum Gasteiger partial charge on any atom is 0.258 e. The van der Waals surface area contributed by atoms with Gasteiger partial charge in [0.15, 0.2) is 5.11 Å². The molecular formula is C20H15ClN6O2S. The highest BCUT2D eigenvalue weighted by Crippen LogP contribution is 2.26. The third-order valence-corrected chi connectivity index (χ3v) is 4.65. The lowest BCUT2D eigenvalue weighted by Crippen LogP contribution is -2.34. The largest absolute Gasteiger partial charge is 0.495 e. The van der Waals surface area contributed by atoms with Crippen molar-refractivity contribution in [2.24, 2.45) is 0 Å². The first-order chi connectivity index (χ1) is 14.5. The molecule has 0 aliphatic carbocycles. The second kappa shape index (κ2) is 8.44. The van der Waals surface area contributed by atoms with Crippen LogP contribution in [0.25, 0.3) is 16.7 Å². The summed E-state index contributed by atoms with van der Waals surface area (Å²) in [6, 6.07) is 14.0. The Labute approximate surface area is 181 Å². The van der Waals surface area contributed by atoms with Crippen molar-refractivity contribution < 1.29 is 9.53 Å². The summed E-state index contributed by atoms with van der Waals surface area (Å²) in [5.41, 5.74) is 3.12. The lowest BCUT2D eigenvalue weighted by Gasteiger charge is -2.09. The van der Waals surface area contributed by atoms with E-state index in [1.165, 1.54) is 11.0 Å². The number of benzene rings is 2. The molecule has 0 bridgehead atoms. The molecule has 10 heteroatoms. The van der Waals surface area contributed by atoms with Crippen molar-refractivity contribution in [1.82, 2.24) is 25.3 Å². The van der Waals surface area contributed by atoms with E-state index in [1.807, 2.05) is 6.07 Å². The predicted octanol–water partition coefficient (Wildman–Crippen LogP) is 3.60. The SMILES string of the molecule is COc1ccc(-n2nc3ccc(NC(=S)NC(=O)c4cccnc4)cc3n2)cc1Cl. The van der Waals surface area contributed by atoms with Crippen molar-refractivity contribution in [3.63, 3.8) is 0 Å². The average molecular weight is 439 g/mol. The predicted molar refractivity (Wildman–Crippen MR) is 118 cm³/mol. The van der Waals surface area contributed by atoms with Crippen molar-refractivity contribution >= 4 is 51.6 Å². The zero-order valence-electron chi connectivity index (χ0n) is 15.7. The molecule has 0 aliphatic rings. The second-order valence-electron chi connectivity index (χ2n) is 6.16. The summed E-state index contributed by atoms with van der Waals surface area (Å²) in [7, 11) is 1.56. The van der Waals surface area contributed by atoms with Crippen LogP contribution in [0.2, 0.25) is 5.02 Å². The molecule has 30 heavy (non-hydrogen) atoms. The molecule has 2 N–H and O–H groups in total. The number of hydrogen-bond donors (Lipinski definition) is 2. The molecule has 2 heterocycles. The highest BCUT2D eigenvalue weighted by Gasteiger charge is 2.11. The first-order valence-electron chi connectivity index (χ1n) is 8.77. The lowest BCUT2D eigenvalue weighted by molar-refractivity contribution is 0.0977. The summed E-state index contributed by atoms with van der Waals surface area (Å²) in [5.74, 6) is 0.231. The Balaban J connectivity index is 1.50. The molecule has 0 radical (unpaired) electrons. The van der Waals surface area contributed by atoms with Gasteiger partial charge in [0.25, 0.3) is 5.91 Å². The van der Waals surface area contributed by atoms with E-state index in [9.17, 15) is 4.79 Å². The molecule has 4 rings (SSSR count). The highest BCUT2D eigenvalue weighted by molar-refractivity contribution is 7.80. The quantitative estimate of drug-likeness (QED) is 0.470. The monoisotopic (exact) mass is 438 g/mol. The number of ether oxygens (including phenoxy) is 1. The van der Waals surface area contributed by atoms with Crippen LogP contribution >= 0.6 is 23.8 Å². The van der Waals surface area contributed by atoms with Crippen LogP contribution in [0.4, 0.5) is 5.69 Å². The van der Waals surface area contributed by atoms with E-state index < -0.39 is 0 Å². The first kappa shape index (κ1) is 19.7.